The van der Waals surface area contributed by atoms with E-state index in [-0.39, 0.29) is 31.2 Å². The summed E-state index contributed by atoms with van der Waals surface area (Å²) in [7, 11) is 0. The number of nitrogens with zero attached hydrogens (tertiary/aromatic N) is 1. The lowest BCUT2D eigenvalue weighted by atomic mass is 10.1. The molecule has 1 atom stereocenters. The van der Waals surface area contributed by atoms with Crippen molar-refractivity contribution in [2.24, 2.45) is 0 Å². The van der Waals surface area contributed by atoms with E-state index in [4.69, 9.17) is 18.9 Å². The van der Waals surface area contributed by atoms with E-state index in [1.165, 1.54) is 12.1 Å². The van der Waals surface area contributed by atoms with Crippen molar-refractivity contribution in [1.29, 1.82) is 0 Å². The van der Waals surface area contributed by atoms with E-state index < -0.39 is 0 Å². The normalized spacial score (nSPS) is 18.7. The number of benzene rings is 2. The van der Waals surface area contributed by atoms with Crippen LogP contribution < -0.4 is 14.2 Å². The van der Waals surface area contributed by atoms with Crippen molar-refractivity contribution in [2.75, 3.05) is 33.1 Å². The highest BCUT2D eigenvalue weighted by Crippen LogP contribution is 2.33. The van der Waals surface area contributed by atoms with Crippen LogP contribution in [0.15, 0.2) is 42.5 Å². The zero-order valence-electron chi connectivity index (χ0n) is 14.0. The van der Waals surface area contributed by atoms with Crippen LogP contribution in [0.5, 0.6) is 17.2 Å². The van der Waals surface area contributed by atoms with E-state index in [0.29, 0.717) is 42.5 Å². The van der Waals surface area contributed by atoms with Gasteiger partial charge in [-0.05, 0) is 30.3 Å². The molecule has 2 aliphatic rings. The second kappa shape index (κ2) is 7.21. The van der Waals surface area contributed by atoms with Crippen LogP contribution in [0.4, 0.5) is 4.39 Å². The van der Waals surface area contributed by atoms with Crippen molar-refractivity contribution in [3.63, 3.8) is 0 Å². The number of amides is 1. The second-order valence-corrected chi connectivity index (χ2v) is 6.08. The van der Waals surface area contributed by atoms with E-state index in [1.54, 1.807) is 35.2 Å². The van der Waals surface area contributed by atoms with Crippen molar-refractivity contribution in [2.45, 2.75) is 6.10 Å². The Kier molecular flexibility index (Phi) is 4.62. The lowest BCUT2D eigenvalue weighted by molar-refractivity contribution is -0.0401. The van der Waals surface area contributed by atoms with E-state index in [1.807, 2.05) is 0 Å². The summed E-state index contributed by atoms with van der Waals surface area (Å²) >= 11 is 0. The standard InChI is InChI=1S/C19H18FNO5/c20-14-2-1-3-15(9-14)24-11-16-10-21(6-7-23-16)19(22)13-4-5-17-18(8-13)26-12-25-17/h1-5,8-9,16H,6-7,10-12H2. The molecule has 0 bridgehead atoms. The van der Waals surface area contributed by atoms with E-state index >= 15 is 0 Å². The molecule has 0 radical (unpaired) electrons. The average Bonchev–Trinajstić information content (AvgIpc) is 3.14. The zero-order valence-corrected chi connectivity index (χ0v) is 14.0. The van der Waals surface area contributed by atoms with Crippen LogP contribution in [0.25, 0.3) is 0 Å². The summed E-state index contributed by atoms with van der Waals surface area (Å²) in [6.45, 7) is 1.75. The minimum absolute atomic E-state index is 0.0950. The van der Waals surface area contributed by atoms with Crippen LogP contribution in [0, 0.1) is 5.82 Å². The predicted molar refractivity (Wildman–Crippen MR) is 90.1 cm³/mol. The van der Waals surface area contributed by atoms with Gasteiger partial charge in [-0.2, -0.15) is 0 Å². The fourth-order valence-electron chi connectivity index (χ4n) is 2.96. The molecule has 0 N–H and O–H groups in total. The minimum Gasteiger partial charge on any atom is -0.491 e. The van der Waals surface area contributed by atoms with Gasteiger partial charge in [0.05, 0.1) is 13.2 Å². The van der Waals surface area contributed by atoms with E-state index in [9.17, 15) is 9.18 Å². The van der Waals surface area contributed by atoms with Gasteiger partial charge in [0, 0.05) is 18.2 Å². The molecule has 1 saturated heterocycles. The molecular weight excluding hydrogens is 341 g/mol. The largest absolute Gasteiger partial charge is 0.491 e. The molecule has 136 valence electrons. The Morgan fingerprint density at radius 3 is 2.96 bits per heavy atom. The Balaban J connectivity index is 1.37. The Morgan fingerprint density at radius 2 is 2.08 bits per heavy atom. The topological polar surface area (TPSA) is 57.2 Å². The Morgan fingerprint density at radius 1 is 1.19 bits per heavy atom. The summed E-state index contributed by atoms with van der Waals surface area (Å²) in [5, 5.41) is 0. The Labute approximate surface area is 150 Å². The number of hydrogen-bond donors (Lipinski definition) is 0. The number of ether oxygens (including phenoxy) is 4. The predicted octanol–water partition coefficient (Wildman–Crippen LogP) is 2.47. The average molecular weight is 359 g/mol. The fourth-order valence-corrected chi connectivity index (χ4v) is 2.96. The van der Waals surface area contributed by atoms with Crippen LogP contribution in [-0.2, 0) is 4.74 Å². The smallest absolute Gasteiger partial charge is 0.254 e. The highest BCUT2D eigenvalue weighted by molar-refractivity contribution is 5.95. The molecule has 6 nitrogen and oxygen atoms in total. The maximum Gasteiger partial charge on any atom is 0.254 e. The zero-order chi connectivity index (χ0) is 17.9. The lowest BCUT2D eigenvalue weighted by Gasteiger charge is -2.33. The van der Waals surface area contributed by atoms with Gasteiger partial charge in [0.25, 0.3) is 5.91 Å². The highest BCUT2D eigenvalue weighted by atomic mass is 19.1. The molecule has 2 heterocycles. The molecule has 1 unspecified atom stereocenters. The van der Waals surface area contributed by atoms with Crippen LogP contribution in [0.2, 0.25) is 0 Å². The summed E-state index contributed by atoms with van der Waals surface area (Å²) in [5.41, 5.74) is 0.543. The molecule has 2 aliphatic heterocycles. The van der Waals surface area contributed by atoms with Gasteiger partial charge in [0.15, 0.2) is 11.5 Å². The van der Waals surface area contributed by atoms with Gasteiger partial charge in [0.2, 0.25) is 6.79 Å². The molecule has 0 spiro atoms. The van der Waals surface area contributed by atoms with Crippen LogP contribution >= 0.6 is 0 Å². The van der Waals surface area contributed by atoms with E-state index in [2.05, 4.69) is 0 Å². The molecule has 2 aromatic rings. The molecule has 1 amide bonds. The van der Waals surface area contributed by atoms with Gasteiger partial charge in [-0.1, -0.05) is 6.07 Å². The highest BCUT2D eigenvalue weighted by Gasteiger charge is 2.27. The van der Waals surface area contributed by atoms with Gasteiger partial charge in [0.1, 0.15) is 24.3 Å². The molecule has 1 fully saturated rings. The summed E-state index contributed by atoms with van der Waals surface area (Å²) in [5.74, 6) is 1.21. The van der Waals surface area contributed by atoms with E-state index in [0.717, 1.165) is 0 Å². The van der Waals surface area contributed by atoms with Crippen LogP contribution in [-0.4, -0.2) is 50.0 Å². The maximum absolute atomic E-state index is 13.2. The van der Waals surface area contributed by atoms with Crippen molar-refractivity contribution in [1.82, 2.24) is 4.90 Å². The molecule has 0 aromatic heterocycles. The molecule has 2 aromatic carbocycles. The monoisotopic (exact) mass is 359 g/mol. The molecule has 0 aliphatic carbocycles. The number of rotatable bonds is 4. The third kappa shape index (κ3) is 3.57. The summed E-state index contributed by atoms with van der Waals surface area (Å²) < 4.78 is 35.0. The van der Waals surface area contributed by atoms with Crippen LogP contribution in [0.1, 0.15) is 10.4 Å². The first-order valence-electron chi connectivity index (χ1n) is 8.38. The summed E-state index contributed by atoms with van der Waals surface area (Å²) in [6, 6.07) is 11.1. The first-order valence-corrected chi connectivity index (χ1v) is 8.38. The second-order valence-electron chi connectivity index (χ2n) is 6.08. The Bertz CT molecular complexity index is 812. The number of halogens is 1. The van der Waals surface area contributed by atoms with Crippen molar-refractivity contribution >= 4 is 5.91 Å². The van der Waals surface area contributed by atoms with Gasteiger partial charge in [-0.25, -0.2) is 4.39 Å². The van der Waals surface area contributed by atoms with Crippen molar-refractivity contribution < 1.29 is 28.1 Å². The number of carbonyl (C=O) groups excluding carboxylic acids is 1. The van der Waals surface area contributed by atoms with Crippen molar-refractivity contribution in [3.8, 4) is 17.2 Å². The van der Waals surface area contributed by atoms with Gasteiger partial charge >= 0.3 is 0 Å². The van der Waals surface area contributed by atoms with Gasteiger partial charge < -0.3 is 23.8 Å². The molecule has 0 saturated carbocycles. The quantitative estimate of drug-likeness (QED) is 0.839. The third-order valence-corrected chi connectivity index (χ3v) is 4.28. The molecular formula is C19H18FNO5. The maximum atomic E-state index is 13.2. The van der Waals surface area contributed by atoms with Gasteiger partial charge in [-0.3, -0.25) is 4.79 Å². The van der Waals surface area contributed by atoms with Crippen LogP contribution in [0.3, 0.4) is 0 Å². The lowest BCUT2D eigenvalue weighted by Crippen LogP contribution is -2.47. The Hall–Kier alpha value is -2.80. The molecule has 7 heteroatoms. The fraction of sp³-hybridized carbons (Fsp3) is 0.316. The minimum atomic E-state index is -0.355. The summed E-state index contributed by atoms with van der Waals surface area (Å²) in [6.07, 6.45) is -0.273. The molecule has 4 rings (SSSR count). The SMILES string of the molecule is O=C(c1ccc2c(c1)OCO2)N1CCOC(COc2cccc(F)c2)C1. The molecule has 26 heavy (non-hydrogen) atoms. The number of hydrogen-bond acceptors (Lipinski definition) is 5. The number of carbonyl (C=O) groups is 1. The summed E-state index contributed by atoms with van der Waals surface area (Å²) in [4.78, 5) is 14.5. The van der Waals surface area contributed by atoms with Gasteiger partial charge in [-0.15, -0.1) is 0 Å². The third-order valence-electron chi connectivity index (χ3n) is 4.28. The van der Waals surface area contributed by atoms with Crippen molar-refractivity contribution in [3.05, 3.63) is 53.8 Å². The first-order chi connectivity index (χ1) is 12.7. The first kappa shape index (κ1) is 16.7. The number of fused-ring (bicyclic) bond motifs is 1. The number of morpholine rings is 1.